The summed E-state index contributed by atoms with van der Waals surface area (Å²) in [5.41, 5.74) is 5.56. The van der Waals surface area contributed by atoms with Crippen molar-refractivity contribution in [1.29, 1.82) is 0 Å². The third-order valence-electron chi connectivity index (χ3n) is 2.54. The second kappa shape index (κ2) is 5.99. The highest BCUT2D eigenvalue weighted by Crippen LogP contribution is 2.34. The fourth-order valence-electron chi connectivity index (χ4n) is 1.58. The fourth-order valence-corrected chi connectivity index (χ4v) is 2.88. The number of para-hydroxylation sites is 1. The summed E-state index contributed by atoms with van der Waals surface area (Å²) < 4.78 is 14.0. The van der Waals surface area contributed by atoms with E-state index in [2.05, 4.69) is 21.2 Å². The molecule has 3 N–H and O–H groups in total. The van der Waals surface area contributed by atoms with Crippen LogP contribution in [-0.2, 0) is 0 Å². The lowest BCUT2D eigenvalue weighted by Crippen LogP contribution is -2.15. The van der Waals surface area contributed by atoms with Crippen LogP contribution in [-0.4, -0.2) is 5.91 Å². The van der Waals surface area contributed by atoms with Crippen molar-refractivity contribution < 1.29 is 9.18 Å². The maximum atomic E-state index is 13.3. The normalized spacial score (nSPS) is 10.4. The van der Waals surface area contributed by atoms with Gasteiger partial charge in [0.05, 0.1) is 27.0 Å². The van der Waals surface area contributed by atoms with Crippen molar-refractivity contribution in [3.05, 3.63) is 56.2 Å². The Morgan fingerprint density at radius 2 is 1.85 bits per heavy atom. The highest BCUT2D eigenvalue weighted by atomic mass is 79.9. The quantitative estimate of drug-likeness (QED) is 0.743. The number of amides is 1. The number of hydrogen-bond acceptors (Lipinski definition) is 2. The first-order valence-corrected chi connectivity index (χ1v) is 6.95. The monoisotopic (exact) mass is 376 g/mol. The number of benzene rings is 2. The van der Waals surface area contributed by atoms with Gasteiger partial charge in [-0.25, -0.2) is 4.39 Å². The van der Waals surface area contributed by atoms with Gasteiger partial charge in [0.25, 0.3) is 5.91 Å². The van der Waals surface area contributed by atoms with Crippen molar-refractivity contribution in [2.24, 2.45) is 0 Å². The lowest BCUT2D eigenvalue weighted by Gasteiger charge is -2.11. The van der Waals surface area contributed by atoms with Gasteiger partial charge in [-0.1, -0.05) is 45.2 Å². The summed E-state index contributed by atoms with van der Waals surface area (Å²) in [4.78, 5) is 12.1. The Hall–Kier alpha value is -1.30. The predicted octanol–water partition coefficient (Wildman–Crippen LogP) is 4.73. The molecule has 2 aromatic rings. The van der Waals surface area contributed by atoms with Gasteiger partial charge < -0.3 is 11.1 Å². The van der Waals surface area contributed by atoms with E-state index < -0.39 is 11.7 Å². The number of nitrogens with one attached hydrogen (secondary N) is 1. The summed E-state index contributed by atoms with van der Waals surface area (Å²) in [6, 6.07) is 7.14. The predicted molar refractivity (Wildman–Crippen MR) is 82.9 cm³/mol. The molecule has 104 valence electrons. The number of nitrogens with two attached hydrogens (primary N) is 1. The Balaban J connectivity index is 2.36. The van der Waals surface area contributed by atoms with Crippen LogP contribution in [0.3, 0.4) is 0 Å². The first kappa shape index (κ1) is 15.1. The van der Waals surface area contributed by atoms with E-state index in [-0.39, 0.29) is 27.0 Å². The fraction of sp³-hybridized carbons (Fsp3) is 0. The topological polar surface area (TPSA) is 55.1 Å². The molecule has 0 saturated carbocycles. The molecule has 0 unspecified atom stereocenters. The molecule has 0 spiro atoms. The molecule has 0 atom stereocenters. The van der Waals surface area contributed by atoms with Gasteiger partial charge in [0, 0.05) is 4.47 Å². The SMILES string of the molecule is Nc1c(F)cccc1C(=O)Nc1c(Cl)cc(Br)cc1Cl. The number of carbonyl (C=O) groups excluding carboxylic acids is 1. The maximum absolute atomic E-state index is 13.3. The van der Waals surface area contributed by atoms with E-state index in [4.69, 9.17) is 28.9 Å². The van der Waals surface area contributed by atoms with Crippen molar-refractivity contribution in [2.75, 3.05) is 11.1 Å². The number of nitrogen functional groups attached to an aromatic ring is 1. The Morgan fingerprint density at radius 1 is 1.25 bits per heavy atom. The van der Waals surface area contributed by atoms with Crippen molar-refractivity contribution in [3.8, 4) is 0 Å². The molecule has 0 fully saturated rings. The van der Waals surface area contributed by atoms with Gasteiger partial charge >= 0.3 is 0 Å². The maximum Gasteiger partial charge on any atom is 0.257 e. The Morgan fingerprint density at radius 3 is 2.45 bits per heavy atom. The zero-order valence-corrected chi connectivity index (χ0v) is 13.0. The first-order chi connectivity index (χ1) is 9.40. The van der Waals surface area contributed by atoms with Crippen molar-refractivity contribution in [3.63, 3.8) is 0 Å². The molecule has 20 heavy (non-hydrogen) atoms. The van der Waals surface area contributed by atoms with E-state index in [1.165, 1.54) is 18.2 Å². The van der Waals surface area contributed by atoms with Gasteiger partial charge in [0.2, 0.25) is 0 Å². The second-order valence-corrected chi connectivity index (χ2v) is 5.63. The van der Waals surface area contributed by atoms with Gasteiger partial charge in [0.15, 0.2) is 0 Å². The molecular formula is C13H8BrCl2FN2O. The molecule has 1 amide bonds. The van der Waals surface area contributed by atoms with E-state index >= 15 is 0 Å². The largest absolute Gasteiger partial charge is 0.396 e. The van der Waals surface area contributed by atoms with Gasteiger partial charge in [-0.15, -0.1) is 0 Å². The standard InChI is InChI=1S/C13H8BrCl2FN2O/c14-6-4-8(15)12(9(16)5-6)19-13(20)7-2-1-3-10(17)11(7)18/h1-5H,18H2,(H,19,20). The molecule has 0 aliphatic carbocycles. The average Bonchev–Trinajstić information content (AvgIpc) is 2.36. The van der Waals surface area contributed by atoms with E-state index in [9.17, 15) is 9.18 Å². The molecule has 2 rings (SSSR count). The Bertz CT molecular complexity index is 671. The van der Waals surface area contributed by atoms with Crippen LogP contribution in [0.25, 0.3) is 0 Å². The summed E-state index contributed by atoms with van der Waals surface area (Å²) in [7, 11) is 0. The van der Waals surface area contributed by atoms with Gasteiger partial charge in [-0.3, -0.25) is 4.79 Å². The molecule has 0 aromatic heterocycles. The van der Waals surface area contributed by atoms with E-state index in [0.29, 0.717) is 4.47 Å². The summed E-state index contributed by atoms with van der Waals surface area (Å²) in [5.74, 6) is -1.25. The molecule has 7 heteroatoms. The van der Waals surface area contributed by atoms with Crippen LogP contribution in [0.4, 0.5) is 15.8 Å². The Kier molecular flexibility index (Phi) is 4.52. The molecule has 0 aliphatic heterocycles. The Labute approximate surface area is 133 Å². The van der Waals surface area contributed by atoms with E-state index in [1.807, 2.05) is 0 Å². The zero-order valence-electron chi connectivity index (χ0n) is 9.88. The molecule has 0 heterocycles. The number of rotatable bonds is 2. The molecule has 0 radical (unpaired) electrons. The van der Waals surface area contributed by atoms with Gasteiger partial charge in [-0.05, 0) is 24.3 Å². The average molecular weight is 378 g/mol. The lowest BCUT2D eigenvalue weighted by molar-refractivity contribution is 0.102. The van der Waals surface area contributed by atoms with E-state index in [1.54, 1.807) is 12.1 Å². The third-order valence-corrected chi connectivity index (χ3v) is 3.60. The summed E-state index contributed by atoms with van der Waals surface area (Å²) in [6.45, 7) is 0. The van der Waals surface area contributed by atoms with Crippen molar-refractivity contribution in [2.45, 2.75) is 0 Å². The molecular weight excluding hydrogens is 370 g/mol. The minimum atomic E-state index is -0.661. The lowest BCUT2D eigenvalue weighted by atomic mass is 10.1. The van der Waals surface area contributed by atoms with Crippen LogP contribution in [0.5, 0.6) is 0 Å². The van der Waals surface area contributed by atoms with Crippen molar-refractivity contribution >= 4 is 56.4 Å². The smallest absolute Gasteiger partial charge is 0.257 e. The van der Waals surface area contributed by atoms with Crippen LogP contribution in [0, 0.1) is 5.82 Å². The van der Waals surface area contributed by atoms with Gasteiger partial charge in [-0.2, -0.15) is 0 Å². The van der Waals surface area contributed by atoms with E-state index in [0.717, 1.165) is 0 Å². The zero-order chi connectivity index (χ0) is 14.9. The summed E-state index contributed by atoms with van der Waals surface area (Å²) in [6.07, 6.45) is 0. The third kappa shape index (κ3) is 3.06. The minimum absolute atomic E-state index is 0.0139. The molecule has 2 aromatic carbocycles. The number of anilines is 2. The number of hydrogen-bond donors (Lipinski definition) is 2. The summed E-state index contributed by atoms with van der Waals surface area (Å²) >= 11 is 15.2. The van der Waals surface area contributed by atoms with Crippen LogP contribution in [0.2, 0.25) is 10.0 Å². The first-order valence-electron chi connectivity index (χ1n) is 5.40. The van der Waals surface area contributed by atoms with Crippen molar-refractivity contribution in [1.82, 2.24) is 0 Å². The molecule has 0 bridgehead atoms. The number of carbonyl (C=O) groups is 1. The van der Waals surface area contributed by atoms with Crippen LogP contribution in [0.15, 0.2) is 34.8 Å². The highest BCUT2D eigenvalue weighted by molar-refractivity contribution is 9.10. The van der Waals surface area contributed by atoms with Crippen LogP contribution < -0.4 is 11.1 Å². The van der Waals surface area contributed by atoms with Crippen LogP contribution in [0.1, 0.15) is 10.4 Å². The highest BCUT2D eigenvalue weighted by Gasteiger charge is 2.16. The minimum Gasteiger partial charge on any atom is -0.396 e. The molecule has 0 aliphatic rings. The molecule has 0 saturated heterocycles. The second-order valence-electron chi connectivity index (χ2n) is 3.90. The number of halogens is 4. The van der Waals surface area contributed by atoms with Gasteiger partial charge in [0.1, 0.15) is 5.82 Å². The van der Waals surface area contributed by atoms with Crippen LogP contribution >= 0.6 is 39.1 Å². The summed E-state index contributed by atoms with van der Waals surface area (Å²) in [5, 5.41) is 3.03. The molecule has 3 nitrogen and oxygen atoms in total.